The van der Waals surface area contributed by atoms with Crippen molar-refractivity contribution >= 4 is 44.7 Å². The normalized spacial score (nSPS) is 11.5. The molecule has 0 unspecified atom stereocenters. The summed E-state index contributed by atoms with van der Waals surface area (Å²) in [5, 5.41) is 4.88. The van der Waals surface area contributed by atoms with Crippen molar-refractivity contribution in [2.45, 2.75) is 64.1 Å². The van der Waals surface area contributed by atoms with E-state index in [-0.39, 0.29) is 16.7 Å². The summed E-state index contributed by atoms with van der Waals surface area (Å²) in [6.07, 6.45) is 2.01. The molecule has 0 fully saturated rings. The van der Waals surface area contributed by atoms with Gasteiger partial charge in [0, 0.05) is 17.0 Å². The smallest absolute Gasteiger partial charge is 0.421 e. The lowest BCUT2D eigenvalue weighted by atomic mass is 10.0. The van der Waals surface area contributed by atoms with Crippen LogP contribution in [-0.2, 0) is 34.1 Å². The van der Waals surface area contributed by atoms with Gasteiger partial charge in [-0.2, -0.15) is 0 Å². The highest BCUT2D eigenvalue weighted by atomic mass is 32.2. The van der Waals surface area contributed by atoms with E-state index in [4.69, 9.17) is 4.74 Å². The number of thiophene rings is 2. The Kier molecular flexibility index (Phi) is 10.3. The van der Waals surface area contributed by atoms with Crippen LogP contribution >= 0.6 is 22.7 Å². The fraction of sp³-hybridized carbons (Fsp3) is 0.407. The molecule has 10 heteroatoms. The number of aryl methyl sites for hydroxylation is 1. The Morgan fingerprint density at radius 1 is 1.11 bits per heavy atom. The molecule has 0 atom stereocenters. The van der Waals surface area contributed by atoms with E-state index in [1.165, 1.54) is 11.3 Å². The molecule has 0 radical (unpaired) electrons. The molecule has 2 N–H and O–H groups in total. The van der Waals surface area contributed by atoms with E-state index >= 15 is 0 Å². The number of hydrogen-bond acceptors (Lipinski definition) is 7. The average Bonchev–Trinajstić information content (AvgIpc) is 3.50. The van der Waals surface area contributed by atoms with Crippen LogP contribution in [0.2, 0.25) is 0 Å². The number of carbonyl (C=O) groups is 2. The lowest BCUT2D eigenvalue weighted by molar-refractivity contribution is 0.0954. The van der Waals surface area contributed by atoms with Crippen LogP contribution in [0.15, 0.2) is 46.0 Å². The number of carbonyl (C=O) groups excluding carboxylic acids is 2. The Morgan fingerprint density at radius 3 is 2.59 bits per heavy atom. The van der Waals surface area contributed by atoms with Gasteiger partial charge in [0.15, 0.2) is 0 Å². The van der Waals surface area contributed by atoms with E-state index in [1.807, 2.05) is 55.6 Å². The van der Waals surface area contributed by atoms with Crippen molar-refractivity contribution in [1.29, 1.82) is 0 Å². The van der Waals surface area contributed by atoms with E-state index in [0.717, 1.165) is 40.2 Å². The topological polar surface area (TPSA) is 102 Å². The summed E-state index contributed by atoms with van der Waals surface area (Å²) < 4.78 is 33.5. The standard InChI is InChI=1S/C27H34N2O5S3/c1-5-7-12-34-27(31)29-37(32,33)26-23(16-22(36-26)14-18(3)4)21-10-8-9-19(15-21)17-28-25(30)24-20(6-2)11-13-35-24/h8-11,13,15-16,18H,5-7,12,14,17H2,1-4H3,(H,28,30)(H,29,31). The summed E-state index contributed by atoms with van der Waals surface area (Å²) in [5.41, 5.74) is 3.08. The van der Waals surface area contributed by atoms with Gasteiger partial charge in [0.2, 0.25) is 0 Å². The molecule has 3 aromatic rings. The molecule has 1 aromatic carbocycles. The summed E-state index contributed by atoms with van der Waals surface area (Å²) in [4.78, 5) is 26.4. The zero-order chi connectivity index (χ0) is 27.0. The van der Waals surface area contributed by atoms with E-state index in [0.29, 0.717) is 41.3 Å². The number of sulfonamides is 1. The van der Waals surface area contributed by atoms with E-state index in [1.54, 1.807) is 0 Å². The first-order valence-corrected chi connectivity index (χ1v) is 15.6. The molecule has 0 aliphatic rings. The molecule has 200 valence electrons. The maximum Gasteiger partial charge on any atom is 0.421 e. The monoisotopic (exact) mass is 562 g/mol. The molecule has 0 saturated heterocycles. The molecule has 2 aromatic heterocycles. The van der Waals surface area contributed by atoms with Gasteiger partial charge in [-0.3, -0.25) is 4.79 Å². The third-order valence-corrected chi connectivity index (χ3v) is 9.54. The molecule has 2 amide bonds. The Bertz CT molecular complexity index is 1330. The minimum absolute atomic E-state index is 0.0722. The van der Waals surface area contributed by atoms with Gasteiger partial charge in [0.05, 0.1) is 11.5 Å². The molecular formula is C27H34N2O5S3. The highest BCUT2D eigenvalue weighted by Crippen LogP contribution is 2.36. The molecule has 0 saturated carbocycles. The lowest BCUT2D eigenvalue weighted by Gasteiger charge is -2.10. The van der Waals surface area contributed by atoms with Gasteiger partial charge in [0.1, 0.15) is 4.21 Å². The maximum absolute atomic E-state index is 13.2. The predicted molar refractivity (Wildman–Crippen MR) is 150 cm³/mol. The van der Waals surface area contributed by atoms with Crippen molar-refractivity contribution in [2.24, 2.45) is 5.92 Å². The molecule has 2 heterocycles. The first-order chi connectivity index (χ1) is 17.6. The summed E-state index contributed by atoms with van der Waals surface area (Å²) in [7, 11) is -4.14. The van der Waals surface area contributed by atoms with Crippen molar-refractivity contribution in [3.05, 3.63) is 62.7 Å². The average molecular weight is 563 g/mol. The maximum atomic E-state index is 13.2. The van der Waals surface area contributed by atoms with Gasteiger partial charge in [-0.1, -0.05) is 52.3 Å². The number of benzene rings is 1. The van der Waals surface area contributed by atoms with Crippen LogP contribution < -0.4 is 10.0 Å². The number of rotatable bonds is 12. The Labute approximate surface area is 227 Å². The SMILES string of the molecule is CCCCOC(=O)NS(=O)(=O)c1sc(CC(C)C)cc1-c1cccc(CNC(=O)c2sccc2CC)c1. The Balaban J connectivity index is 1.86. The van der Waals surface area contributed by atoms with Gasteiger partial charge < -0.3 is 10.1 Å². The minimum atomic E-state index is -4.14. The number of unbranched alkanes of at least 4 members (excludes halogenated alkanes) is 1. The zero-order valence-electron chi connectivity index (χ0n) is 21.6. The van der Waals surface area contributed by atoms with Gasteiger partial charge in [-0.15, -0.1) is 22.7 Å². The molecular weight excluding hydrogens is 529 g/mol. The molecule has 7 nitrogen and oxygen atoms in total. The van der Waals surface area contributed by atoms with Crippen molar-refractivity contribution in [3.8, 4) is 11.1 Å². The lowest BCUT2D eigenvalue weighted by Crippen LogP contribution is -2.31. The fourth-order valence-corrected chi connectivity index (χ4v) is 7.50. The number of hydrogen-bond donors (Lipinski definition) is 2. The number of ether oxygens (including phenoxy) is 1. The highest BCUT2D eigenvalue weighted by Gasteiger charge is 2.26. The van der Waals surface area contributed by atoms with E-state index in [9.17, 15) is 18.0 Å². The zero-order valence-corrected chi connectivity index (χ0v) is 24.1. The van der Waals surface area contributed by atoms with Crippen LogP contribution in [0.5, 0.6) is 0 Å². The second-order valence-electron chi connectivity index (χ2n) is 9.12. The van der Waals surface area contributed by atoms with Crippen LogP contribution in [0, 0.1) is 5.92 Å². The van der Waals surface area contributed by atoms with Gasteiger partial charge in [0.25, 0.3) is 15.9 Å². The molecule has 0 aliphatic carbocycles. The van der Waals surface area contributed by atoms with Crippen LogP contribution in [0.3, 0.4) is 0 Å². The highest BCUT2D eigenvalue weighted by molar-refractivity contribution is 7.92. The van der Waals surface area contributed by atoms with Crippen LogP contribution in [0.1, 0.15) is 66.2 Å². The summed E-state index contributed by atoms with van der Waals surface area (Å²) in [6, 6.07) is 11.3. The van der Waals surface area contributed by atoms with Crippen LogP contribution in [-0.4, -0.2) is 27.0 Å². The first-order valence-electron chi connectivity index (χ1n) is 12.4. The van der Waals surface area contributed by atoms with Crippen LogP contribution in [0.25, 0.3) is 11.1 Å². The number of amides is 2. The minimum Gasteiger partial charge on any atom is -0.449 e. The molecule has 0 aliphatic heterocycles. The van der Waals surface area contributed by atoms with Crippen molar-refractivity contribution in [2.75, 3.05) is 6.61 Å². The number of nitrogens with one attached hydrogen (secondary N) is 2. The third kappa shape index (κ3) is 7.90. The van der Waals surface area contributed by atoms with Gasteiger partial charge in [-0.05, 0) is 65.4 Å². The molecule has 37 heavy (non-hydrogen) atoms. The van der Waals surface area contributed by atoms with Gasteiger partial charge in [-0.25, -0.2) is 17.9 Å². The largest absolute Gasteiger partial charge is 0.449 e. The second-order valence-corrected chi connectivity index (χ2v) is 13.0. The second kappa shape index (κ2) is 13.2. The van der Waals surface area contributed by atoms with Crippen molar-refractivity contribution < 1.29 is 22.7 Å². The van der Waals surface area contributed by atoms with Crippen molar-refractivity contribution in [3.63, 3.8) is 0 Å². The predicted octanol–water partition coefficient (Wildman–Crippen LogP) is 6.38. The summed E-state index contributed by atoms with van der Waals surface area (Å²) in [6.45, 7) is 8.57. The van der Waals surface area contributed by atoms with Crippen LogP contribution in [0.4, 0.5) is 4.79 Å². The Hall–Kier alpha value is -2.69. The Morgan fingerprint density at radius 2 is 1.89 bits per heavy atom. The summed E-state index contributed by atoms with van der Waals surface area (Å²) in [5.74, 6) is 0.210. The van der Waals surface area contributed by atoms with E-state index < -0.39 is 16.1 Å². The molecule has 0 spiro atoms. The first kappa shape index (κ1) is 28.9. The van der Waals surface area contributed by atoms with Crippen molar-refractivity contribution in [1.82, 2.24) is 10.0 Å². The molecule has 3 rings (SSSR count). The molecule has 0 bridgehead atoms. The van der Waals surface area contributed by atoms with E-state index in [2.05, 4.69) is 23.9 Å². The summed E-state index contributed by atoms with van der Waals surface area (Å²) >= 11 is 2.58. The van der Waals surface area contributed by atoms with Gasteiger partial charge >= 0.3 is 6.09 Å². The fourth-order valence-electron chi connectivity index (χ4n) is 3.75. The third-order valence-electron chi connectivity index (χ3n) is 5.58. The quantitative estimate of drug-likeness (QED) is 0.249.